The van der Waals surface area contributed by atoms with Gasteiger partial charge in [0.25, 0.3) is 0 Å². The fourth-order valence-electron chi connectivity index (χ4n) is 7.60. The van der Waals surface area contributed by atoms with E-state index in [9.17, 15) is 14.4 Å². The standard InChI is InChI=1S/C51H98O6/c1-6-8-9-10-11-12-13-14-15-16-17-18-19-20-21-25-31-36-41-49(52)55-44-48(45-56-50(53)42-37-32-28-27-29-34-39-46(3)4)57-51(54)43-38-33-26-23-22-24-30-35-40-47(5)7-2/h46-48H,6-45H2,1-5H3/t47?,48-/m1/s1. The Hall–Kier alpha value is -1.59. The molecule has 0 radical (unpaired) electrons. The fourth-order valence-corrected chi connectivity index (χ4v) is 7.60. The maximum atomic E-state index is 12.7. The third-order valence-electron chi connectivity index (χ3n) is 11.8. The van der Waals surface area contributed by atoms with E-state index in [1.54, 1.807) is 0 Å². The van der Waals surface area contributed by atoms with E-state index in [1.807, 2.05) is 0 Å². The number of unbranched alkanes of at least 4 members (excludes halogenated alkanes) is 29. The number of carbonyl (C=O) groups excluding carboxylic acids is 3. The van der Waals surface area contributed by atoms with Gasteiger partial charge in [-0.05, 0) is 31.1 Å². The molecule has 0 aromatic rings. The highest BCUT2D eigenvalue weighted by molar-refractivity contribution is 5.71. The van der Waals surface area contributed by atoms with Crippen LogP contribution < -0.4 is 0 Å². The molecule has 0 saturated heterocycles. The first kappa shape index (κ1) is 55.4. The number of esters is 3. The van der Waals surface area contributed by atoms with Crippen molar-refractivity contribution >= 4 is 17.9 Å². The molecular formula is C51H98O6. The summed E-state index contributed by atoms with van der Waals surface area (Å²) in [7, 11) is 0. The summed E-state index contributed by atoms with van der Waals surface area (Å²) in [5, 5.41) is 0. The van der Waals surface area contributed by atoms with Crippen molar-refractivity contribution in [2.45, 2.75) is 285 Å². The molecule has 0 aliphatic rings. The molecule has 0 heterocycles. The van der Waals surface area contributed by atoms with E-state index >= 15 is 0 Å². The van der Waals surface area contributed by atoms with Gasteiger partial charge in [0.05, 0.1) is 0 Å². The SMILES string of the molecule is CCCCCCCCCCCCCCCCCCCCC(=O)OC[C@H](COC(=O)CCCCCCCCC(C)C)OC(=O)CCCCCCCCCCC(C)CC. The van der Waals surface area contributed by atoms with Crippen LogP contribution in [-0.2, 0) is 28.6 Å². The Morgan fingerprint density at radius 1 is 0.368 bits per heavy atom. The van der Waals surface area contributed by atoms with Crippen LogP contribution >= 0.6 is 0 Å². The second-order valence-electron chi connectivity index (χ2n) is 18.2. The lowest BCUT2D eigenvalue weighted by molar-refractivity contribution is -0.167. The summed E-state index contributed by atoms with van der Waals surface area (Å²) in [6.45, 7) is 11.3. The van der Waals surface area contributed by atoms with Crippen molar-refractivity contribution in [2.75, 3.05) is 13.2 Å². The number of hydrogen-bond acceptors (Lipinski definition) is 6. The first-order valence-electron chi connectivity index (χ1n) is 25.3. The van der Waals surface area contributed by atoms with E-state index in [4.69, 9.17) is 14.2 Å². The number of ether oxygens (including phenoxy) is 3. The lowest BCUT2D eigenvalue weighted by atomic mass is 9.99. The number of rotatable bonds is 45. The van der Waals surface area contributed by atoms with Gasteiger partial charge in [-0.25, -0.2) is 0 Å². The summed E-state index contributed by atoms with van der Waals surface area (Å²) in [6.07, 6.45) is 43.9. The highest BCUT2D eigenvalue weighted by Gasteiger charge is 2.19. The molecule has 0 aliphatic carbocycles. The Labute approximate surface area is 355 Å². The molecule has 6 heteroatoms. The van der Waals surface area contributed by atoms with Gasteiger partial charge in [0.1, 0.15) is 13.2 Å². The van der Waals surface area contributed by atoms with Gasteiger partial charge >= 0.3 is 17.9 Å². The van der Waals surface area contributed by atoms with Crippen molar-refractivity contribution in [2.24, 2.45) is 11.8 Å². The molecule has 0 rings (SSSR count). The van der Waals surface area contributed by atoms with Crippen molar-refractivity contribution in [3.8, 4) is 0 Å². The van der Waals surface area contributed by atoms with E-state index in [1.165, 1.54) is 167 Å². The quantitative estimate of drug-likeness (QED) is 0.0346. The van der Waals surface area contributed by atoms with Gasteiger partial charge < -0.3 is 14.2 Å². The predicted octanol–water partition coefficient (Wildman–Crippen LogP) is 16.1. The van der Waals surface area contributed by atoms with Crippen molar-refractivity contribution in [1.82, 2.24) is 0 Å². The zero-order chi connectivity index (χ0) is 41.9. The van der Waals surface area contributed by atoms with E-state index in [2.05, 4.69) is 34.6 Å². The molecule has 0 spiro atoms. The monoisotopic (exact) mass is 807 g/mol. The Kier molecular flexibility index (Phi) is 42.7. The van der Waals surface area contributed by atoms with Crippen molar-refractivity contribution in [1.29, 1.82) is 0 Å². The van der Waals surface area contributed by atoms with Crippen LogP contribution in [0.4, 0.5) is 0 Å². The zero-order valence-electron chi connectivity index (χ0n) is 39.0. The van der Waals surface area contributed by atoms with Gasteiger partial charge in [0.15, 0.2) is 6.10 Å². The molecule has 0 aliphatic heterocycles. The largest absolute Gasteiger partial charge is 0.462 e. The Bertz CT molecular complexity index is 872. The molecule has 1 unspecified atom stereocenters. The highest BCUT2D eigenvalue weighted by Crippen LogP contribution is 2.18. The zero-order valence-corrected chi connectivity index (χ0v) is 39.0. The highest BCUT2D eigenvalue weighted by atomic mass is 16.6. The predicted molar refractivity (Wildman–Crippen MR) is 243 cm³/mol. The molecule has 0 bridgehead atoms. The lowest BCUT2D eigenvalue weighted by Gasteiger charge is -2.18. The summed E-state index contributed by atoms with van der Waals surface area (Å²) in [5.41, 5.74) is 0. The van der Waals surface area contributed by atoms with Crippen LogP contribution in [0.25, 0.3) is 0 Å². The summed E-state index contributed by atoms with van der Waals surface area (Å²) in [4.78, 5) is 37.8. The lowest BCUT2D eigenvalue weighted by Crippen LogP contribution is -2.30. The molecule has 0 fully saturated rings. The Morgan fingerprint density at radius 3 is 1.00 bits per heavy atom. The Balaban J connectivity index is 4.24. The first-order chi connectivity index (χ1) is 27.8. The maximum absolute atomic E-state index is 12.7. The average Bonchev–Trinajstić information content (AvgIpc) is 3.19. The molecule has 0 aromatic carbocycles. The van der Waals surface area contributed by atoms with Crippen LogP contribution in [0.2, 0.25) is 0 Å². The van der Waals surface area contributed by atoms with E-state index in [0.717, 1.165) is 69.6 Å². The average molecular weight is 807 g/mol. The van der Waals surface area contributed by atoms with E-state index in [-0.39, 0.29) is 31.1 Å². The van der Waals surface area contributed by atoms with Gasteiger partial charge in [-0.15, -0.1) is 0 Å². The van der Waals surface area contributed by atoms with Gasteiger partial charge in [0, 0.05) is 19.3 Å². The summed E-state index contributed by atoms with van der Waals surface area (Å²) in [5.74, 6) is 0.750. The second kappa shape index (κ2) is 44.0. The van der Waals surface area contributed by atoms with Gasteiger partial charge in [0.2, 0.25) is 0 Å². The number of carbonyl (C=O) groups is 3. The summed E-state index contributed by atoms with van der Waals surface area (Å²) < 4.78 is 16.8. The minimum absolute atomic E-state index is 0.0652. The Morgan fingerprint density at radius 2 is 0.667 bits per heavy atom. The van der Waals surface area contributed by atoms with Gasteiger partial charge in [-0.1, -0.05) is 240 Å². The first-order valence-corrected chi connectivity index (χ1v) is 25.3. The van der Waals surface area contributed by atoms with Crippen molar-refractivity contribution < 1.29 is 28.6 Å². The molecule has 2 atom stereocenters. The van der Waals surface area contributed by atoms with Crippen molar-refractivity contribution in [3.63, 3.8) is 0 Å². The summed E-state index contributed by atoms with van der Waals surface area (Å²) >= 11 is 0. The molecule has 57 heavy (non-hydrogen) atoms. The molecule has 6 nitrogen and oxygen atoms in total. The van der Waals surface area contributed by atoms with Crippen LogP contribution in [0.15, 0.2) is 0 Å². The maximum Gasteiger partial charge on any atom is 0.306 e. The molecule has 0 amide bonds. The van der Waals surface area contributed by atoms with Crippen LogP contribution in [-0.4, -0.2) is 37.2 Å². The number of hydrogen-bond donors (Lipinski definition) is 0. The van der Waals surface area contributed by atoms with E-state index < -0.39 is 6.10 Å². The van der Waals surface area contributed by atoms with Gasteiger partial charge in [-0.2, -0.15) is 0 Å². The molecule has 0 N–H and O–H groups in total. The topological polar surface area (TPSA) is 78.9 Å². The second-order valence-corrected chi connectivity index (χ2v) is 18.2. The van der Waals surface area contributed by atoms with Crippen LogP contribution in [0.5, 0.6) is 0 Å². The van der Waals surface area contributed by atoms with Crippen LogP contribution in [0.1, 0.15) is 279 Å². The van der Waals surface area contributed by atoms with Crippen LogP contribution in [0.3, 0.4) is 0 Å². The third kappa shape index (κ3) is 43.8. The summed E-state index contributed by atoms with van der Waals surface area (Å²) in [6, 6.07) is 0. The minimum Gasteiger partial charge on any atom is -0.462 e. The van der Waals surface area contributed by atoms with E-state index in [0.29, 0.717) is 19.3 Å². The smallest absolute Gasteiger partial charge is 0.306 e. The molecule has 338 valence electrons. The normalized spacial score (nSPS) is 12.5. The molecule has 0 aromatic heterocycles. The van der Waals surface area contributed by atoms with Crippen molar-refractivity contribution in [3.05, 3.63) is 0 Å². The van der Waals surface area contributed by atoms with Crippen LogP contribution in [0, 0.1) is 11.8 Å². The minimum atomic E-state index is -0.762. The third-order valence-corrected chi connectivity index (χ3v) is 11.8. The molecule has 0 saturated carbocycles. The van der Waals surface area contributed by atoms with Gasteiger partial charge in [-0.3, -0.25) is 14.4 Å². The molecular weight excluding hydrogens is 709 g/mol. The fraction of sp³-hybridized carbons (Fsp3) is 0.941.